The molecule has 1 unspecified atom stereocenters. The maximum absolute atomic E-state index is 13.8. The topological polar surface area (TPSA) is 65.6 Å². The number of hydrogen-bond donors (Lipinski definition) is 1. The second-order valence-corrected chi connectivity index (χ2v) is 4.21. The van der Waals surface area contributed by atoms with Gasteiger partial charge in [0.1, 0.15) is 23.1 Å². The van der Waals surface area contributed by atoms with Gasteiger partial charge in [0, 0.05) is 6.92 Å². The van der Waals surface area contributed by atoms with Crippen LogP contribution in [0, 0.1) is 5.82 Å². The number of hydrazone groups is 1. The van der Waals surface area contributed by atoms with Gasteiger partial charge in [-0.3, -0.25) is 0 Å². The number of aromatic carboxylic acids is 1. The monoisotopic (exact) mass is 250 g/mol. The van der Waals surface area contributed by atoms with Gasteiger partial charge in [-0.05, 0) is 24.2 Å². The normalized spacial score (nSPS) is 19.1. The maximum atomic E-state index is 13.8. The molecule has 2 heterocycles. The Balaban J connectivity index is 2.55. The van der Waals surface area contributed by atoms with Gasteiger partial charge in [-0.15, -0.1) is 0 Å². The summed E-state index contributed by atoms with van der Waals surface area (Å²) >= 11 is 0. The lowest BCUT2D eigenvalue weighted by molar-refractivity contribution is -0.500. The molecule has 0 fully saturated rings. The van der Waals surface area contributed by atoms with Crippen molar-refractivity contribution in [2.24, 2.45) is 5.10 Å². The van der Waals surface area contributed by atoms with Gasteiger partial charge < -0.3 is 5.11 Å². The van der Waals surface area contributed by atoms with Crippen LogP contribution >= 0.6 is 0 Å². The van der Waals surface area contributed by atoms with Crippen LogP contribution in [0.15, 0.2) is 17.2 Å². The van der Waals surface area contributed by atoms with Crippen LogP contribution in [0.1, 0.15) is 35.9 Å². The minimum Gasteiger partial charge on any atom is -0.477 e. The third-order valence-electron chi connectivity index (χ3n) is 3.02. The van der Waals surface area contributed by atoms with Gasteiger partial charge in [0.05, 0.1) is 5.69 Å². The fraction of sp³-hybridized carbons (Fsp3) is 0.333. The van der Waals surface area contributed by atoms with E-state index in [2.05, 4.69) is 10.1 Å². The highest BCUT2D eigenvalue weighted by molar-refractivity contribution is 6.10. The molecule has 6 heteroatoms. The zero-order valence-corrected chi connectivity index (χ0v) is 10.3. The average molecular weight is 250 g/mol. The summed E-state index contributed by atoms with van der Waals surface area (Å²) in [5.41, 5.74) is 1.46. The SMILES string of the molecule is CC1=N[N+](C)=C(C)C1c1nc(C(=O)O)ccc1F. The van der Waals surface area contributed by atoms with E-state index >= 15 is 0 Å². The number of hydrogen-bond acceptors (Lipinski definition) is 3. The molecule has 0 aliphatic carbocycles. The van der Waals surface area contributed by atoms with Crippen LogP contribution in [0.4, 0.5) is 4.39 Å². The molecule has 1 aromatic rings. The number of carboxylic acids is 1. The van der Waals surface area contributed by atoms with Crippen molar-refractivity contribution in [3.63, 3.8) is 0 Å². The zero-order chi connectivity index (χ0) is 13.4. The summed E-state index contributed by atoms with van der Waals surface area (Å²) in [6.45, 7) is 3.59. The van der Waals surface area contributed by atoms with Gasteiger partial charge in [-0.2, -0.15) is 0 Å². The number of nitrogens with zero attached hydrogens (tertiary/aromatic N) is 3. The second kappa shape index (κ2) is 4.29. The first kappa shape index (κ1) is 12.3. The fourth-order valence-electron chi connectivity index (χ4n) is 2.04. The maximum Gasteiger partial charge on any atom is 0.354 e. The van der Waals surface area contributed by atoms with Gasteiger partial charge in [0.2, 0.25) is 0 Å². The van der Waals surface area contributed by atoms with Crippen LogP contribution in [-0.4, -0.2) is 39.2 Å². The van der Waals surface area contributed by atoms with E-state index in [1.165, 1.54) is 0 Å². The van der Waals surface area contributed by atoms with Crippen molar-refractivity contribution in [3.8, 4) is 0 Å². The molecule has 1 atom stereocenters. The molecule has 1 aromatic heterocycles. The van der Waals surface area contributed by atoms with Crippen molar-refractivity contribution < 1.29 is 19.0 Å². The van der Waals surface area contributed by atoms with Crippen LogP contribution in [0.5, 0.6) is 0 Å². The van der Waals surface area contributed by atoms with Gasteiger partial charge in [-0.1, -0.05) is 4.68 Å². The molecular weight excluding hydrogens is 237 g/mol. The molecular formula is C12H13FN3O2+. The highest BCUT2D eigenvalue weighted by Crippen LogP contribution is 2.24. The first-order chi connectivity index (χ1) is 8.41. The summed E-state index contributed by atoms with van der Waals surface area (Å²) in [6.07, 6.45) is 0. The minimum absolute atomic E-state index is 0.109. The average Bonchev–Trinajstić information content (AvgIpc) is 2.54. The Labute approximate surface area is 103 Å². The lowest BCUT2D eigenvalue weighted by Gasteiger charge is -2.08. The quantitative estimate of drug-likeness (QED) is 0.809. The highest BCUT2D eigenvalue weighted by atomic mass is 19.1. The third-order valence-corrected chi connectivity index (χ3v) is 3.02. The molecule has 0 bridgehead atoms. The summed E-state index contributed by atoms with van der Waals surface area (Å²) in [5, 5.41) is 13.1. The van der Waals surface area contributed by atoms with Crippen LogP contribution in [0.3, 0.4) is 0 Å². The van der Waals surface area contributed by atoms with E-state index in [0.29, 0.717) is 5.71 Å². The molecule has 94 valence electrons. The Morgan fingerprint density at radius 1 is 1.44 bits per heavy atom. The number of pyridine rings is 1. The molecule has 0 saturated carbocycles. The smallest absolute Gasteiger partial charge is 0.354 e. The summed E-state index contributed by atoms with van der Waals surface area (Å²) in [6, 6.07) is 2.28. The Morgan fingerprint density at radius 3 is 2.61 bits per heavy atom. The van der Waals surface area contributed by atoms with Gasteiger partial charge in [0.25, 0.3) is 0 Å². The Morgan fingerprint density at radius 2 is 2.11 bits per heavy atom. The van der Waals surface area contributed by atoms with E-state index in [1.807, 2.05) is 6.92 Å². The molecule has 1 aliphatic heterocycles. The first-order valence-electron chi connectivity index (χ1n) is 5.44. The van der Waals surface area contributed by atoms with E-state index in [9.17, 15) is 9.18 Å². The fourth-order valence-corrected chi connectivity index (χ4v) is 2.04. The molecule has 5 nitrogen and oxygen atoms in total. The molecule has 0 amide bonds. The van der Waals surface area contributed by atoms with Crippen molar-refractivity contribution in [1.82, 2.24) is 4.98 Å². The second-order valence-electron chi connectivity index (χ2n) is 4.21. The summed E-state index contributed by atoms with van der Waals surface area (Å²) in [4.78, 5) is 14.8. The summed E-state index contributed by atoms with van der Waals surface area (Å²) in [5.74, 6) is -2.08. The van der Waals surface area contributed by atoms with Crippen molar-refractivity contribution in [2.45, 2.75) is 19.8 Å². The predicted molar refractivity (Wildman–Crippen MR) is 63.9 cm³/mol. The number of halogens is 1. The van der Waals surface area contributed by atoms with E-state index in [1.54, 1.807) is 18.7 Å². The van der Waals surface area contributed by atoms with E-state index in [0.717, 1.165) is 17.8 Å². The third kappa shape index (κ3) is 1.90. The Hall–Kier alpha value is -2.11. The highest BCUT2D eigenvalue weighted by Gasteiger charge is 2.35. The lowest BCUT2D eigenvalue weighted by Crippen LogP contribution is -2.20. The summed E-state index contributed by atoms with van der Waals surface area (Å²) in [7, 11) is 1.76. The zero-order valence-electron chi connectivity index (χ0n) is 10.3. The Bertz CT molecular complexity index is 593. The van der Waals surface area contributed by atoms with Crippen molar-refractivity contribution in [1.29, 1.82) is 0 Å². The van der Waals surface area contributed by atoms with E-state index < -0.39 is 17.7 Å². The lowest BCUT2D eigenvalue weighted by atomic mass is 9.95. The van der Waals surface area contributed by atoms with Crippen LogP contribution in [0.25, 0.3) is 0 Å². The van der Waals surface area contributed by atoms with Crippen LogP contribution < -0.4 is 0 Å². The van der Waals surface area contributed by atoms with Gasteiger partial charge in [-0.25, -0.2) is 14.2 Å². The molecule has 1 N–H and O–H groups in total. The van der Waals surface area contributed by atoms with Crippen LogP contribution in [-0.2, 0) is 0 Å². The number of carboxylic acid groups (broad SMARTS) is 1. The first-order valence-corrected chi connectivity index (χ1v) is 5.44. The van der Waals surface area contributed by atoms with E-state index in [-0.39, 0.29) is 11.4 Å². The molecule has 0 aromatic carbocycles. The molecule has 18 heavy (non-hydrogen) atoms. The number of rotatable bonds is 2. The number of aromatic nitrogens is 1. The molecule has 0 saturated heterocycles. The molecule has 0 spiro atoms. The standard InChI is InChI=1S/C12H12FN3O2/c1-6-10(7(2)16(3)15-6)11-8(13)4-5-9(14-11)12(17)18/h4-5,10H,1-3H3/p+1. The predicted octanol–water partition coefficient (Wildman–Crippen LogP) is 1.50. The van der Waals surface area contributed by atoms with E-state index in [4.69, 9.17) is 5.11 Å². The van der Waals surface area contributed by atoms with Crippen molar-refractivity contribution in [3.05, 3.63) is 29.3 Å². The summed E-state index contributed by atoms with van der Waals surface area (Å²) < 4.78 is 15.5. The molecule has 0 radical (unpaired) electrons. The minimum atomic E-state index is -1.17. The van der Waals surface area contributed by atoms with Crippen molar-refractivity contribution >= 4 is 17.4 Å². The van der Waals surface area contributed by atoms with Gasteiger partial charge >= 0.3 is 5.97 Å². The van der Waals surface area contributed by atoms with Crippen LogP contribution in [0.2, 0.25) is 0 Å². The van der Waals surface area contributed by atoms with Gasteiger partial charge in [0.15, 0.2) is 12.8 Å². The Kier molecular flexibility index (Phi) is 2.94. The largest absolute Gasteiger partial charge is 0.477 e. The van der Waals surface area contributed by atoms with Crippen molar-refractivity contribution in [2.75, 3.05) is 7.05 Å². The molecule has 2 rings (SSSR count). The molecule has 1 aliphatic rings. The number of carbonyl (C=O) groups is 1.